The molecule has 2 nitrogen and oxygen atoms in total. The third kappa shape index (κ3) is 2.46. The summed E-state index contributed by atoms with van der Waals surface area (Å²) in [5.41, 5.74) is -0.456. The van der Waals surface area contributed by atoms with Crippen LogP contribution in [0.15, 0.2) is 0 Å². The predicted octanol–water partition coefficient (Wildman–Crippen LogP) is 1.33. The Labute approximate surface area is 67.6 Å². The molecule has 2 aliphatic rings. The first-order valence-corrected chi connectivity index (χ1v) is 4.50. The summed E-state index contributed by atoms with van der Waals surface area (Å²) < 4.78 is 5.09. The average molecular weight is 156 g/mol. The second-order valence-electron chi connectivity index (χ2n) is 4.30. The Kier molecular flexibility index (Phi) is 1.69. The Morgan fingerprint density at radius 3 is 2.55 bits per heavy atom. The summed E-state index contributed by atoms with van der Waals surface area (Å²) in [7, 11) is 0. The van der Waals surface area contributed by atoms with Crippen molar-refractivity contribution >= 4 is 0 Å². The van der Waals surface area contributed by atoms with Crippen LogP contribution in [0.4, 0.5) is 0 Å². The quantitative estimate of drug-likeness (QED) is 0.623. The van der Waals surface area contributed by atoms with Gasteiger partial charge in [-0.2, -0.15) is 0 Å². The van der Waals surface area contributed by atoms with Gasteiger partial charge in [-0.15, -0.1) is 0 Å². The SMILES string of the molecule is C[C@@](O)(CC1CC1)C[C@H]1CO1. The molecule has 11 heavy (non-hydrogen) atoms. The lowest BCUT2D eigenvalue weighted by atomic mass is 9.94. The Morgan fingerprint density at radius 2 is 2.09 bits per heavy atom. The molecule has 0 aromatic carbocycles. The molecule has 0 amide bonds. The number of epoxide rings is 1. The molecule has 1 heterocycles. The molecule has 0 aromatic rings. The number of aliphatic hydroxyl groups is 1. The number of hydrogen-bond donors (Lipinski definition) is 1. The van der Waals surface area contributed by atoms with Crippen LogP contribution in [0.25, 0.3) is 0 Å². The maximum absolute atomic E-state index is 9.86. The van der Waals surface area contributed by atoms with Crippen LogP contribution in [-0.4, -0.2) is 23.4 Å². The minimum Gasteiger partial charge on any atom is -0.390 e. The van der Waals surface area contributed by atoms with Crippen molar-refractivity contribution in [3.05, 3.63) is 0 Å². The maximum Gasteiger partial charge on any atom is 0.0837 e. The van der Waals surface area contributed by atoms with Crippen LogP contribution in [0.3, 0.4) is 0 Å². The lowest BCUT2D eigenvalue weighted by molar-refractivity contribution is 0.0292. The second-order valence-corrected chi connectivity index (χ2v) is 4.30. The zero-order chi connectivity index (χ0) is 7.90. The fraction of sp³-hybridized carbons (Fsp3) is 1.00. The average Bonchev–Trinajstić information content (AvgIpc) is 2.60. The molecule has 2 rings (SSSR count). The van der Waals surface area contributed by atoms with E-state index in [0.717, 1.165) is 25.4 Å². The first-order chi connectivity index (χ1) is 5.16. The van der Waals surface area contributed by atoms with Gasteiger partial charge in [0.1, 0.15) is 0 Å². The normalized spacial score (nSPS) is 34.9. The van der Waals surface area contributed by atoms with E-state index in [-0.39, 0.29) is 0 Å². The van der Waals surface area contributed by atoms with Crippen molar-refractivity contribution in [2.45, 2.75) is 44.3 Å². The number of ether oxygens (including phenoxy) is 1. The highest BCUT2D eigenvalue weighted by atomic mass is 16.6. The summed E-state index contributed by atoms with van der Waals surface area (Å²) in [6.07, 6.45) is 4.82. The maximum atomic E-state index is 9.86. The molecular formula is C9H16O2. The van der Waals surface area contributed by atoms with Gasteiger partial charge in [-0.25, -0.2) is 0 Å². The molecule has 0 aromatic heterocycles. The molecule has 1 N–H and O–H groups in total. The van der Waals surface area contributed by atoms with Crippen molar-refractivity contribution in [2.75, 3.05) is 6.61 Å². The lowest BCUT2D eigenvalue weighted by Crippen LogP contribution is -2.26. The highest BCUT2D eigenvalue weighted by Gasteiger charge is 2.37. The minimum absolute atomic E-state index is 0.365. The van der Waals surface area contributed by atoms with Gasteiger partial charge in [0.15, 0.2) is 0 Å². The van der Waals surface area contributed by atoms with Crippen LogP contribution < -0.4 is 0 Å². The van der Waals surface area contributed by atoms with Crippen molar-refractivity contribution in [1.29, 1.82) is 0 Å². The Hall–Kier alpha value is -0.0800. The second kappa shape index (κ2) is 2.46. The highest BCUT2D eigenvalue weighted by molar-refractivity contribution is 4.88. The van der Waals surface area contributed by atoms with Gasteiger partial charge in [0, 0.05) is 6.42 Å². The summed E-state index contributed by atoms with van der Waals surface area (Å²) in [6, 6.07) is 0. The van der Waals surface area contributed by atoms with E-state index in [1.807, 2.05) is 6.92 Å². The Morgan fingerprint density at radius 1 is 1.45 bits per heavy atom. The van der Waals surface area contributed by atoms with Gasteiger partial charge in [-0.1, -0.05) is 12.8 Å². The predicted molar refractivity (Wildman–Crippen MR) is 42.3 cm³/mol. The molecule has 0 unspecified atom stereocenters. The van der Waals surface area contributed by atoms with Gasteiger partial charge in [0.05, 0.1) is 18.3 Å². The summed E-state index contributed by atoms with van der Waals surface area (Å²) in [4.78, 5) is 0. The summed E-state index contributed by atoms with van der Waals surface area (Å²) in [5.74, 6) is 0.809. The molecule has 64 valence electrons. The zero-order valence-corrected chi connectivity index (χ0v) is 7.05. The minimum atomic E-state index is -0.456. The zero-order valence-electron chi connectivity index (χ0n) is 7.05. The van der Waals surface area contributed by atoms with Crippen LogP contribution in [0.2, 0.25) is 0 Å². The van der Waals surface area contributed by atoms with Gasteiger partial charge < -0.3 is 9.84 Å². The molecule has 2 fully saturated rings. The monoisotopic (exact) mass is 156 g/mol. The van der Waals surface area contributed by atoms with Crippen LogP contribution in [0, 0.1) is 5.92 Å². The first-order valence-electron chi connectivity index (χ1n) is 4.50. The van der Waals surface area contributed by atoms with E-state index in [1.54, 1.807) is 0 Å². The third-order valence-corrected chi connectivity index (χ3v) is 2.50. The van der Waals surface area contributed by atoms with E-state index in [0.29, 0.717) is 6.10 Å². The molecule has 0 radical (unpaired) electrons. The molecule has 2 atom stereocenters. The van der Waals surface area contributed by atoms with Crippen molar-refractivity contribution in [3.8, 4) is 0 Å². The van der Waals surface area contributed by atoms with E-state index in [9.17, 15) is 5.11 Å². The fourth-order valence-corrected chi connectivity index (χ4v) is 1.70. The molecule has 1 saturated heterocycles. The van der Waals surface area contributed by atoms with Gasteiger partial charge >= 0.3 is 0 Å². The van der Waals surface area contributed by atoms with Gasteiger partial charge in [-0.3, -0.25) is 0 Å². The van der Waals surface area contributed by atoms with E-state index < -0.39 is 5.60 Å². The summed E-state index contributed by atoms with van der Waals surface area (Å²) in [5, 5.41) is 9.86. The molecule has 1 saturated carbocycles. The molecule has 0 bridgehead atoms. The Balaban J connectivity index is 1.75. The summed E-state index contributed by atoms with van der Waals surface area (Å²) >= 11 is 0. The van der Waals surface area contributed by atoms with E-state index in [1.165, 1.54) is 12.8 Å². The van der Waals surface area contributed by atoms with Crippen molar-refractivity contribution in [1.82, 2.24) is 0 Å². The smallest absolute Gasteiger partial charge is 0.0837 e. The number of rotatable bonds is 4. The number of hydrogen-bond acceptors (Lipinski definition) is 2. The van der Waals surface area contributed by atoms with Crippen LogP contribution in [-0.2, 0) is 4.74 Å². The van der Waals surface area contributed by atoms with Gasteiger partial charge in [-0.05, 0) is 19.3 Å². The topological polar surface area (TPSA) is 32.8 Å². The van der Waals surface area contributed by atoms with Gasteiger partial charge in [0.2, 0.25) is 0 Å². The van der Waals surface area contributed by atoms with Crippen LogP contribution in [0.1, 0.15) is 32.6 Å². The van der Waals surface area contributed by atoms with Crippen molar-refractivity contribution < 1.29 is 9.84 Å². The van der Waals surface area contributed by atoms with Crippen LogP contribution in [0.5, 0.6) is 0 Å². The van der Waals surface area contributed by atoms with E-state index in [4.69, 9.17) is 4.74 Å². The lowest BCUT2D eigenvalue weighted by Gasteiger charge is -2.21. The highest BCUT2D eigenvalue weighted by Crippen LogP contribution is 2.39. The Bertz CT molecular complexity index is 130. The molecular weight excluding hydrogens is 140 g/mol. The molecule has 2 heteroatoms. The van der Waals surface area contributed by atoms with Crippen molar-refractivity contribution in [2.24, 2.45) is 5.92 Å². The van der Waals surface area contributed by atoms with Crippen LogP contribution >= 0.6 is 0 Å². The molecule has 1 aliphatic heterocycles. The van der Waals surface area contributed by atoms with Crippen molar-refractivity contribution in [3.63, 3.8) is 0 Å². The standard InChI is InChI=1S/C9H16O2/c1-9(10,4-7-2-3-7)5-8-6-11-8/h7-8,10H,2-6H2,1H3/t8-,9+/m0/s1. The van der Waals surface area contributed by atoms with E-state index in [2.05, 4.69) is 0 Å². The third-order valence-electron chi connectivity index (χ3n) is 2.50. The fourth-order valence-electron chi connectivity index (χ4n) is 1.70. The summed E-state index contributed by atoms with van der Waals surface area (Å²) in [6.45, 7) is 2.80. The first kappa shape index (κ1) is 7.56. The van der Waals surface area contributed by atoms with Gasteiger partial charge in [0.25, 0.3) is 0 Å². The molecule has 1 aliphatic carbocycles. The largest absolute Gasteiger partial charge is 0.390 e. The molecule has 0 spiro atoms. The van der Waals surface area contributed by atoms with E-state index >= 15 is 0 Å².